The summed E-state index contributed by atoms with van der Waals surface area (Å²) in [7, 11) is -4.44. The maximum Gasteiger partial charge on any atom is 0.412 e. The first-order valence-electron chi connectivity index (χ1n) is 6.14. The topological polar surface area (TPSA) is 113 Å². The summed E-state index contributed by atoms with van der Waals surface area (Å²) in [6, 6.07) is 11.9. The second-order valence-corrected chi connectivity index (χ2v) is 5.76. The van der Waals surface area contributed by atoms with Gasteiger partial charge in [0.25, 0.3) is 10.1 Å². The molecule has 22 heavy (non-hydrogen) atoms. The third kappa shape index (κ3) is 4.21. The van der Waals surface area contributed by atoms with E-state index in [1.54, 1.807) is 24.3 Å². The normalized spacial score (nSPS) is 11.0. The van der Waals surface area contributed by atoms with E-state index in [1.807, 2.05) is 6.07 Å². The molecule has 116 valence electrons. The van der Waals surface area contributed by atoms with E-state index >= 15 is 0 Å². The zero-order chi connectivity index (χ0) is 16.2. The number of carbonyl (C=O) groups is 1. The SMILES string of the molecule is O=C(Nc1cc(S(=O)(=O)O)ccc1O)OCc1ccccc1. The van der Waals surface area contributed by atoms with Gasteiger partial charge in [-0.1, -0.05) is 30.3 Å². The van der Waals surface area contributed by atoms with Crippen molar-refractivity contribution in [3.8, 4) is 5.75 Å². The summed E-state index contributed by atoms with van der Waals surface area (Å²) in [5.74, 6) is -0.357. The lowest BCUT2D eigenvalue weighted by Gasteiger charge is -2.09. The molecule has 0 aliphatic rings. The number of aromatic hydroxyl groups is 1. The lowest BCUT2D eigenvalue weighted by molar-refractivity contribution is 0.155. The Morgan fingerprint density at radius 3 is 2.45 bits per heavy atom. The standard InChI is InChI=1S/C14H13NO6S/c16-13-7-6-11(22(18,19)20)8-12(13)15-14(17)21-9-10-4-2-1-3-5-10/h1-8,16H,9H2,(H,15,17)(H,18,19,20). The van der Waals surface area contributed by atoms with Crippen LogP contribution in [0.3, 0.4) is 0 Å². The van der Waals surface area contributed by atoms with Crippen LogP contribution in [-0.4, -0.2) is 24.2 Å². The molecule has 0 saturated carbocycles. The van der Waals surface area contributed by atoms with Crippen LogP contribution in [0.1, 0.15) is 5.56 Å². The van der Waals surface area contributed by atoms with Crippen molar-refractivity contribution in [2.24, 2.45) is 0 Å². The Bertz CT molecular complexity index is 773. The van der Waals surface area contributed by atoms with Crippen LogP contribution in [0.2, 0.25) is 0 Å². The monoisotopic (exact) mass is 323 g/mol. The van der Waals surface area contributed by atoms with E-state index in [0.29, 0.717) is 0 Å². The highest BCUT2D eigenvalue weighted by molar-refractivity contribution is 7.85. The molecule has 8 heteroatoms. The van der Waals surface area contributed by atoms with Crippen molar-refractivity contribution in [1.82, 2.24) is 0 Å². The van der Waals surface area contributed by atoms with E-state index in [-0.39, 0.29) is 18.0 Å². The number of phenolic OH excluding ortho intramolecular Hbond substituents is 1. The summed E-state index contributed by atoms with van der Waals surface area (Å²) in [6.07, 6.45) is -0.869. The molecule has 0 spiro atoms. The molecule has 0 saturated heterocycles. The highest BCUT2D eigenvalue weighted by Gasteiger charge is 2.14. The molecule has 0 fully saturated rings. The molecule has 0 unspecified atom stereocenters. The predicted octanol–water partition coefficient (Wildman–Crippen LogP) is 2.39. The van der Waals surface area contributed by atoms with Crippen molar-refractivity contribution in [3.05, 3.63) is 54.1 Å². The largest absolute Gasteiger partial charge is 0.506 e. The van der Waals surface area contributed by atoms with Crippen molar-refractivity contribution >= 4 is 21.9 Å². The highest BCUT2D eigenvalue weighted by Crippen LogP contribution is 2.26. The van der Waals surface area contributed by atoms with Crippen LogP contribution in [0.5, 0.6) is 5.75 Å². The molecule has 0 aliphatic heterocycles. The van der Waals surface area contributed by atoms with Crippen molar-refractivity contribution in [2.75, 3.05) is 5.32 Å². The minimum Gasteiger partial charge on any atom is -0.506 e. The highest BCUT2D eigenvalue weighted by atomic mass is 32.2. The summed E-state index contributed by atoms with van der Waals surface area (Å²) in [5.41, 5.74) is 0.585. The van der Waals surface area contributed by atoms with E-state index in [4.69, 9.17) is 9.29 Å². The average Bonchev–Trinajstić information content (AvgIpc) is 2.47. The molecular weight excluding hydrogens is 310 g/mol. The van der Waals surface area contributed by atoms with Crippen LogP contribution in [0.15, 0.2) is 53.4 Å². The quantitative estimate of drug-likeness (QED) is 0.588. The lowest BCUT2D eigenvalue weighted by atomic mass is 10.2. The molecule has 0 radical (unpaired) electrons. The number of carbonyl (C=O) groups excluding carboxylic acids is 1. The maximum atomic E-state index is 11.6. The number of ether oxygens (including phenoxy) is 1. The van der Waals surface area contributed by atoms with Gasteiger partial charge in [0.05, 0.1) is 10.6 Å². The second kappa shape index (κ2) is 6.46. The number of anilines is 1. The van der Waals surface area contributed by atoms with Crippen molar-refractivity contribution < 1.29 is 27.6 Å². The maximum absolute atomic E-state index is 11.6. The number of amides is 1. The van der Waals surface area contributed by atoms with Crippen LogP contribution >= 0.6 is 0 Å². The van der Waals surface area contributed by atoms with Crippen LogP contribution in [0, 0.1) is 0 Å². The van der Waals surface area contributed by atoms with Gasteiger partial charge in [-0.15, -0.1) is 0 Å². The van der Waals surface area contributed by atoms with Crippen LogP contribution in [0.25, 0.3) is 0 Å². The molecule has 2 rings (SSSR count). The number of hydrogen-bond acceptors (Lipinski definition) is 5. The molecule has 0 aliphatic carbocycles. The number of nitrogens with one attached hydrogen (secondary N) is 1. The van der Waals surface area contributed by atoms with Gasteiger partial charge in [0.15, 0.2) is 0 Å². The minimum atomic E-state index is -4.44. The van der Waals surface area contributed by atoms with Crippen LogP contribution in [0.4, 0.5) is 10.5 Å². The number of phenols is 1. The molecule has 3 N–H and O–H groups in total. The van der Waals surface area contributed by atoms with Gasteiger partial charge in [0.2, 0.25) is 0 Å². The fraction of sp³-hybridized carbons (Fsp3) is 0.0714. The fourth-order valence-electron chi connectivity index (χ4n) is 1.64. The zero-order valence-corrected chi connectivity index (χ0v) is 12.1. The first kappa shape index (κ1) is 15.8. The van der Waals surface area contributed by atoms with Gasteiger partial charge in [-0.3, -0.25) is 9.87 Å². The zero-order valence-electron chi connectivity index (χ0n) is 11.3. The van der Waals surface area contributed by atoms with E-state index in [1.165, 1.54) is 0 Å². The molecule has 0 atom stereocenters. The van der Waals surface area contributed by atoms with Crippen LogP contribution < -0.4 is 5.32 Å². The van der Waals surface area contributed by atoms with Gasteiger partial charge in [-0.25, -0.2) is 4.79 Å². The van der Waals surface area contributed by atoms with Gasteiger partial charge in [0, 0.05) is 0 Å². The fourth-order valence-corrected chi connectivity index (χ4v) is 2.15. The third-order valence-corrected chi connectivity index (χ3v) is 3.57. The Morgan fingerprint density at radius 1 is 1.14 bits per heavy atom. The molecule has 0 aromatic heterocycles. The third-order valence-electron chi connectivity index (χ3n) is 2.72. The molecule has 0 bridgehead atoms. The Hall–Kier alpha value is -2.58. The Morgan fingerprint density at radius 2 is 1.82 bits per heavy atom. The summed E-state index contributed by atoms with van der Waals surface area (Å²) in [6.45, 7) is 0.0193. The minimum absolute atomic E-state index is 0.0193. The summed E-state index contributed by atoms with van der Waals surface area (Å²) in [5, 5.41) is 11.8. The van der Waals surface area contributed by atoms with Gasteiger partial charge in [-0.2, -0.15) is 8.42 Å². The predicted molar refractivity (Wildman–Crippen MR) is 78.2 cm³/mol. The smallest absolute Gasteiger partial charge is 0.412 e. The average molecular weight is 323 g/mol. The first-order valence-corrected chi connectivity index (χ1v) is 7.58. The van der Waals surface area contributed by atoms with Gasteiger partial charge in [0.1, 0.15) is 12.4 Å². The van der Waals surface area contributed by atoms with E-state index in [2.05, 4.69) is 5.32 Å². The van der Waals surface area contributed by atoms with Crippen molar-refractivity contribution in [2.45, 2.75) is 11.5 Å². The second-order valence-electron chi connectivity index (χ2n) is 4.34. The molecule has 1 amide bonds. The van der Waals surface area contributed by atoms with E-state index < -0.39 is 21.1 Å². The number of hydrogen-bond donors (Lipinski definition) is 3. The molecule has 2 aromatic rings. The summed E-state index contributed by atoms with van der Waals surface area (Å²) in [4.78, 5) is 11.2. The van der Waals surface area contributed by atoms with Crippen molar-refractivity contribution in [1.29, 1.82) is 0 Å². The van der Waals surface area contributed by atoms with Crippen molar-refractivity contribution in [3.63, 3.8) is 0 Å². The Labute approximate surface area is 126 Å². The number of rotatable bonds is 4. The van der Waals surface area contributed by atoms with Gasteiger partial charge < -0.3 is 9.84 Å². The molecule has 7 nitrogen and oxygen atoms in total. The molecular formula is C14H13NO6S. The molecule has 0 heterocycles. The summed E-state index contributed by atoms with van der Waals surface area (Å²) < 4.78 is 35.9. The number of benzene rings is 2. The van der Waals surface area contributed by atoms with Crippen LogP contribution in [-0.2, 0) is 21.5 Å². The van der Waals surface area contributed by atoms with E-state index in [9.17, 15) is 18.3 Å². The van der Waals surface area contributed by atoms with E-state index in [0.717, 1.165) is 23.8 Å². The first-order chi connectivity index (χ1) is 10.4. The van der Waals surface area contributed by atoms with Gasteiger partial charge in [-0.05, 0) is 23.8 Å². The van der Waals surface area contributed by atoms with Gasteiger partial charge >= 0.3 is 6.09 Å². The molecule has 2 aromatic carbocycles. The Kier molecular flexibility index (Phi) is 4.64. The summed E-state index contributed by atoms with van der Waals surface area (Å²) >= 11 is 0. The lowest BCUT2D eigenvalue weighted by Crippen LogP contribution is -2.14. The Balaban J connectivity index is 2.05.